The lowest BCUT2D eigenvalue weighted by Crippen LogP contribution is -2.31. The third kappa shape index (κ3) is 2.68. The molecule has 0 unspecified atom stereocenters. The number of nitrogens with zero attached hydrogens (tertiary/aromatic N) is 1. The zero-order valence-corrected chi connectivity index (χ0v) is 12.8. The third-order valence-electron chi connectivity index (χ3n) is 3.75. The van der Waals surface area contributed by atoms with Crippen molar-refractivity contribution in [1.29, 1.82) is 0 Å². The van der Waals surface area contributed by atoms with Crippen molar-refractivity contribution >= 4 is 15.9 Å². The Hall–Kier alpha value is -1.44. The van der Waals surface area contributed by atoms with Crippen molar-refractivity contribution in [3.63, 3.8) is 0 Å². The van der Waals surface area contributed by atoms with Crippen molar-refractivity contribution in [2.75, 3.05) is 13.2 Å². The van der Waals surface area contributed by atoms with E-state index in [1.54, 1.807) is 6.08 Å². The van der Waals surface area contributed by atoms with Crippen LogP contribution < -0.4 is 11.2 Å². The van der Waals surface area contributed by atoms with E-state index in [0.717, 1.165) is 12.0 Å². The number of rotatable bonds is 4. The van der Waals surface area contributed by atoms with Gasteiger partial charge in [0.1, 0.15) is 0 Å². The number of aromatic amines is 1. The number of allylic oxidation sites excluding steroid dienone is 1. The van der Waals surface area contributed by atoms with Gasteiger partial charge in [-0.1, -0.05) is 12.2 Å². The number of halogens is 1. The van der Waals surface area contributed by atoms with Gasteiger partial charge in [-0.05, 0) is 27.9 Å². The molecule has 0 amide bonds. The second kappa shape index (κ2) is 5.75. The first-order valence-electron chi connectivity index (χ1n) is 6.67. The van der Waals surface area contributed by atoms with Crippen molar-refractivity contribution in [1.82, 2.24) is 9.55 Å². The fourth-order valence-electron chi connectivity index (χ4n) is 2.79. The Morgan fingerprint density at radius 1 is 1.57 bits per heavy atom. The fourth-order valence-corrected chi connectivity index (χ4v) is 3.11. The summed E-state index contributed by atoms with van der Waals surface area (Å²) in [5.41, 5.74) is 0.239. The molecule has 1 aliphatic carbocycles. The molecule has 3 atom stereocenters. The lowest BCUT2D eigenvalue weighted by Gasteiger charge is -2.14. The molecule has 0 spiro atoms. The van der Waals surface area contributed by atoms with Crippen LogP contribution in [0.4, 0.5) is 0 Å². The minimum atomic E-state index is -0.419. The molecule has 1 fully saturated rings. The van der Waals surface area contributed by atoms with Crippen LogP contribution in [-0.4, -0.2) is 29.1 Å². The van der Waals surface area contributed by atoms with Gasteiger partial charge in [0.15, 0.2) is 6.29 Å². The quantitative estimate of drug-likeness (QED) is 0.828. The van der Waals surface area contributed by atoms with Crippen molar-refractivity contribution in [3.8, 4) is 0 Å². The van der Waals surface area contributed by atoms with Crippen LogP contribution in [-0.2, 0) is 9.47 Å². The molecule has 21 heavy (non-hydrogen) atoms. The molecule has 1 aliphatic heterocycles. The van der Waals surface area contributed by atoms with Crippen molar-refractivity contribution in [2.24, 2.45) is 5.92 Å². The lowest BCUT2D eigenvalue weighted by molar-refractivity contribution is -0.0847. The number of ether oxygens (including phenoxy) is 2. The summed E-state index contributed by atoms with van der Waals surface area (Å²) in [7, 11) is 0. The SMILES string of the molecule is C=CCO[C@H]1OC[C@@H]2C[C@H](n3cc(Br)c(=O)[nH]c3=O)C=C21. The van der Waals surface area contributed by atoms with E-state index in [1.165, 1.54) is 10.8 Å². The largest absolute Gasteiger partial charge is 0.348 e. The Bertz CT molecular complexity index is 706. The van der Waals surface area contributed by atoms with E-state index in [1.807, 2.05) is 6.08 Å². The lowest BCUT2D eigenvalue weighted by atomic mass is 10.0. The zero-order valence-electron chi connectivity index (χ0n) is 11.3. The number of fused-ring (bicyclic) bond motifs is 1. The van der Waals surface area contributed by atoms with Gasteiger partial charge >= 0.3 is 5.69 Å². The van der Waals surface area contributed by atoms with Crippen LogP contribution in [0.3, 0.4) is 0 Å². The normalized spacial score (nSPS) is 27.5. The van der Waals surface area contributed by atoms with Crippen molar-refractivity contribution in [3.05, 3.63) is 55.8 Å². The molecule has 1 N–H and O–H groups in total. The second-order valence-corrected chi connectivity index (χ2v) is 5.95. The molecule has 0 bridgehead atoms. The summed E-state index contributed by atoms with van der Waals surface area (Å²) in [5.74, 6) is 0.252. The van der Waals surface area contributed by atoms with Crippen molar-refractivity contribution in [2.45, 2.75) is 18.8 Å². The molecular weight excluding hydrogens is 340 g/mol. The van der Waals surface area contributed by atoms with Gasteiger partial charge < -0.3 is 9.47 Å². The van der Waals surface area contributed by atoms with Gasteiger partial charge in [0.05, 0.1) is 23.7 Å². The molecule has 1 aromatic heterocycles. The van der Waals surface area contributed by atoms with Crippen LogP contribution in [0.2, 0.25) is 0 Å². The number of hydrogen-bond acceptors (Lipinski definition) is 4. The fraction of sp³-hybridized carbons (Fsp3) is 0.429. The topological polar surface area (TPSA) is 73.3 Å². The van der Waals surface area contributed by atoms with Gasteiger partial charge in [-0.25, -0.2) is 4.79 Å². The summed E-state index contributed by atoms with van der Waals surface area (Å²) in [6.45, 7) is 4.62. The molecular formula is C14H15BrN2O4. The highest BCUT2D eigenvalue weighted by Gasteiger charge is 2.38. The monoisotopic (exact) mass is 354 g/mol. The van der Waals surface area contributed by atoms with Gasteiger partial charge in [0.25, 0.3) is 5.56 Å². The molecule has 2 heterocycles. The van der Waals surface area contributed by atoms with E-state index in [2.05, 4.69) is 27.5 Å². The molecule has 0 saturated carbocycles. The van der Waals surface area contributed by atoms with Gasteiger partial charge in [-0.3, -0.25) is 14.3 Å². The predicted octanol–water partition coefficient (Wildman–Crippen LogP) is 1.35. The summed E-state index contributed by atoms with van der Waals surface area (Å²) in [5, 5.41) is 0. The maximum absolute atomic E-state index is 11.9. The predicted molar refractivity (Wildman–Crippen MR) is 80.1 cm³/mol. The number of H-pyrrole nitrogens is 1. The Morgan fingerprint density at radius 2 is 2.38 bits per heavy atom. The van der Waals surface area contributed by atoms with Crippen LogP contribution in [0.5, 0.6) is 0 Å². The first-order chi connectivity index (χ1) is 10.1. The van der Waals surface area contributed by atoms with Gasteiger partial charge in [-0.2, -0.15) is 0 Å². The van der Waals surface area contributed by atoms with E-state index < -0.39 is 11.2 Å². The van der Waals surface area contributed by atoms with E-state index in [9.17, 15) is 9.59 Å². The number of nitrogens with one attached hydrogen (secondary N) is 1. The summed E-state index contributed by atoms with van der Waals surface area (Å²) in [6.07, 6.45) is 5.61. The maximum atomic E-state index is 11.9. The van der Waals surface area contributed by atoms with Gasteiger partial charge in [0, 0.05) is 12.1 Å². The minimum absolute atomic E-state index is 0.0932. The summed E-state index contributed by atoms with van der Waals surface area (Å²) in [4.78, 5) is 25.6. The molecule has 1 aromatic rings. The average Bonchev–Trinajstić information content (AvgIpc) is 3.01. The first kappa shape index (κ1) is 14.5. The summed E-state index contributed by atoms with van der Waals surface area (Å²) < 4.78 is 13.0. The van der Waals surface area contributed by atoms with Crippen LogP contribution in [0.15, 0.2) is 44.6 Å². The first-order valence-corrected chi connectivity index (χ1v) is 7.46. The molecule has 7 heteroatoms. The van der Waals surface area contributed by atoms with E-state index >= 15 is 0 Å². The zero-order chi connectivity index (χ0) is 15.0. The van der Waals surface area contributed by atoms with Crippen LogP contribution in [0.25, 0.3) is 0 Å². The Balaban J connectivity index is 1.88. The smallest absolute Gasteiger partial charge is 0.328 e. The highest BCUT2D eigenvalue weighted by atomic mass is 79.9. The molecule has 6 nitrogen and oxygen atoms in total. The minimum Gasteiger partial charge on any atom is -0.348 e. The Kier molecular flexibility index (Phi) is 3.97. The van der Waals surface area contributed by atoms with Gasteiger partial charge in [0.2, 0.25) is 0 Å². The highest BCUT2D eigenvalue weighted by molar-refractivity contribution is 9.10. The summed E-state index contributed by atoms with van der Waals surface area (Å²) >= 11 is 3.15. The number of hydrogen-bond donors (Lipinski definition) is 1. The third-order valence-corrected chi connectivity index (χ3v) is 4.32. The molecule has 0 radical (unpaired) electrons. The van der Waals surface area contributed by atoms with E-state index in [0.29, 0.717) is 17.7 Å². The Morgan fingerprint density at radius 3 is 3.14 bits per heavy atom. The summed E-state index contributed by atoms with van der Waals surface area (Å²) in [6, 6.07) is -0.0932. The second-order valence-electron chi connectivity index (χ2n) is 5.10. The molecule has 2 aliphatic rings. The van der Waals surface area contributed by atoms with E-state index in [-0.39, 0.29) is 18.2 Å². The molecule has 112 valence electrons. The Labute approximate surface area is 129 Å². The molecule has 1 saturated heterocycles. The van der Waals surface area contributed by atoms with E-state index in [4.69, 9.17) is 9.47 Å². The highest BCUT2D eigenvalue weighted by Crippen LogP contribution is 2.40. The van der Waals surface area contributed by atoms with Crippen LogP contribution >= 0.6 is 15.9 Å². The standard InChI is InChI=1S/C14H15BrN2O4/c1-2-3-20-13-10-5-9(4-8(10)7-21-13)17-6-11(15)12(18)16-14(17)19/h2,5-6,8-9,13H,1,3-4,7H2,(H,16,18,19)/t8-,9-,13-/m0/s1. The van der Waals surface area contributed by atoms with Gasteiger partial charge in [-0.15, -0.1) is 6.58 Å². The molecule has 3 rings (SSSR count). The maximum Gasteiger partial charge on any atom is 0.328 e. The van der Waals surface area contributed by atoms with Crippen LogP contribution in [0, 0.1) is 5.92 Å². The van der Waals surface area contributed by atoms with Crippen molar-refractivity contribution < 1.29 is 9.47 Å². The van der Waals surface area contributed by atoms with Crippen LogP contribution in [0.1, 0.15) is 12.5 Å². The number of aromatic nitrogens is 2. The average molecular weight is 355 g/mol. The molecule has 0 aromatic carbocycles.